The molecule has 0 fully saturated rings. The largest absolute Gasteiger partial charge is 0.0730 e. The van der Waals surface area contributed by atoms with E-state index in [9.17, 15) is 0 Å². The van der Waals surface area contributed by atoms with Crippen molar-refractivity contribution in [3.63, 3.8) is 0 Å². The molecule has 1 aromatic carbocycles. The Kier molecular flexibility index (Phi) is 4.41. The molecular weight excluding hydrogens is 216 g/mol. The fourth-order valence-electron chi connectivity index (χ4n) is 2.46. The maximum absolute atomic E-state index is 2.31. The van der Waals surface area contributed by atoms with Crippen LogP contribution in [0.25, 0.3) is 0 Å². The normalized spacial score (nSPS) is 15.6. The minimum atomic E-state index is 0.741. The average molecular weight is 240 g/mol. The first-order chi connectivity index (χ1) is 8.63. The van der Waals surface area contributed by atoms with E-state index in [2.05, 4.69) is 57.2 Å². The summed E-state index contributed by atoms with van der Waals surface area (Å²) < 4.78 is 0. The summed E-state index contributed by atoms with van der Waals surface area (Å²) in [5.41, 5.74) is 5.98. The highest BCUT2D eigenvalue weighted by Gasteiger charge is 2.05. The van der Waals surface area contributed by atoms with Crippen LogP contribution in [0.4, 0.5) is 0 Å². The van der Waals surface area contributed by atoms with E-state index in [4.69, 9.17) is 0 Å². The molecule has 0 heteroatoms. The van der Waals surface area contributed by atoms with E-state index in [-0.39, 0.29) is 0 Å². The molecule has 0 spiro atoms. The summed E-state index contributed by atoms with van der Waals surface area (Å²) in [6, 6.07) is 9.17. The Hall–Kier alpha value is -1.30. The van der Waals surface area contributed by atoms with Crippen LogP contribution in [0, 0.1) is 5.92 Å². The number of rotatable bonds is 4. The summed E-state index contributed by atoms with van der Waals surface area (Å²) in [4.78, 5) is 0. The molecule has 18 heavy (non-hydrogen) atoms. The third kappa shape index (κ3) is 3.87. The van der Waals surface area contributed by atoms with Gasteiger partial charge in [-0.15, -0.1) is 0 Å². The highest BCUT2D eigenvalue weighted by atomic mass is 14.1. The highest BCUT2D eigenvalue weighted by molar-refractivity contribution is 5.30. The van der Waals surface area contributed by atoms with Gasteiger partial charge in [-0.2, -0.15) is 0 Å². The van der Waals surface area contributed by atoms with Gasteiger partial charge in [0, 0.05) is 0 Å². The Morgan fingerprint density at radius 2 is 1.61 bits per heavy atom. The maximum Gasteiger partial charge on any atom is -0.00639 e. The first-order valence-corrected chi connectivity index (χ1v) is 7.06. The molecule has 0 heterocycles. The third-order valence-corrected chi connectivity index (χ3v) is 3.54. The topological polar surface area (TPSA) is 0 Å². The second kappa shape index (κ2) is 6.04. The van der Waals surface area contributed by atoms with Crippen LogP contribution in [0.15, 0.2) is 47.6 Å². The maximum atomic E-state index is 2.31. The van der Waals surface area contributed by atoms with Gasteiger partial charge >= 0.3 is 0 Å². The Bertz CT molecular complexity index is 443. The first kappa shape index (κ1) is 13.1. The smallest absolute Gasteiger partial charge is 0.00639 e. The van der Waals surface area contributed by atoms with Crippen molar-refractivity contribution in [2.45, 2.75) is 46.5 Å². The molecule has 0 nitrogen and oxygen atoms in total. The lowest BCUT2D eigenvalue weighted by atomic mass is 9.93. The van der Waals surface area contributed by atoms with Gasteiger partial charge < -0.3 is 0 Å². The van der Waals surface area contributed by atoms with Gasteiger partial charge in [-0.05, 0) is 49.7 Å². The van der Waals surface area contributed by atoms with Crippen LogP contribution < -0.4 is 0 Å². The fraction of sp³-hybridized carbons (Fsp3) is 0.444. The molecule has 2 rings (SSSR count). The zero-order valence-corrected chi connectivity index (χ0v) is 11.9. The van der Waals surface area contributed by atoms with Crippen LogP contribution in [0.1, 0.15) is 44.7 Å². The summed E-state index contributed by atoms with van der Waals surface area (Å²) in [6.45, 7) is 6.76. The lowest BCUT2D eigenvalue weighted by molar-refractivity contribution is 0.647. The van der Waals surface area contributed by atoms with Crippen molar-refractivity contribution in [1.82, 2.24) is 0 Å². The molecule has 0 saturated heterocycles. The van der Waals surface area contributed by atoms with E-state index >= 15 is 0 Å². The molecule has 0 N–H and O–H groups in total. The van der Waals surface area contributed by atoms with E-state index in [1.54, 1.807) is 5.57 Å². The Labute approximate surface area is 111 Å². The highest BCUT2D eigenvalue weighted by Crippen LogP contribution is 2.21. The number of allylic oxidation sites excluding steroid dienone is 4. The van der Waals surface area contributed by atoms with E-state index in [0.717, 1.165) is 12.3 Å². The zero-order valence-electron chi connectivity index (χ0n) is 11.9. The van der Waals surface area contributed by atoms with Crippen LogP contribution in [-0.2, 0) is 12.8 Å². The van der Waals surface area contributed by atoms with Crippen molar-refractivity contribution < 1.29 is 0 Å². The Balaban J connectivity index is 1.98. The molecule has 0 aromatic heterocycles. The van der Waals surface area contributed by atoms with Crippen LogP contribution in [0.3, 0.4) is 0 Å². The minimum absolute atomic E-state index is 0.741. The first-order valence-electron chi connectivity index (χ1n) is 7.06. The van der Waals surface area contributed by atoms with Gasteiger partial charge in [-0.3, -0.25) is 0 Å². The van der Waals surface area contributed by atoms with Crippen molar-refractivity contribution in [3.05, 3.63) is 58.7 Å². The molecule has 0 saturated carbocycles. The minimum Gasteiger partial charge on any atom is -0.0730 e. The van der Waals surface area contributed by atoms with Gasteiger partial charge in [0.1, 0.15) is 0 Å². The number of benzene rings is 1. The molecule has 1 aliphatic rings. The van der Waals surface area contributed by atoms with Crippen molar-refractivity contribution in [1.29, 1.82) is 0 Å². The summed E-state index contributed by atoms with van der Waals surface area (Å²) in [7, 11) is 0. The molecular formula is C18H24. The molecule has 0 atom stereocenters. The van der Waals surface area contributed by atoms with Gasteiger partial charge in [0.2, 0.25) is 0 Å². The molecule has 1 aliphatic carbocycles. The van der Waals surface area contributed by atoms with E-state index in [0.29, 0.717) is 0 Å². The molecule has 0 radical (unpaired) electrons. The van der Waals surface area contributed by atoms with E-state index < -0.39 is 0 Å². The lowest BCUT2D eigenvalue weighted by Gasteiger charge is -2.12. The summed E-state index contributed by atoms with van der Waals surface area (Å²) in [5, 5.41) is 0. The molecule has 1 aromatic rings. The predicted molar refractivity (Wildman–Crippen MR) is 79.8 cm³/mol. The standard InChI is InChI=1S/C18H24/c1-14(2)12-16-8-10-18(11-9-16)13-17-6-4-15(3)5-7-17/h4,6,8-11,14H,5,7,12-13H2,1-3H3. The SMILES string of the molecule is CC1=CC=C(Cc2ccc(CC(C)C)cc2)CC1. The van der Waals surface area contributed by atoms with Gasteiger partial charge in [0.15, 0.2) is 0 Å². The second-order valence-electron chi connectivity index (χ2n) is 5.93. The third-order valence-electron chi connectivity index (χ3n) is 3.54. The van der Waals surface area contributed by atoms with Crippen molar-refractivity contribution in [3.8, 4) is 0 Å². The number of hydrogen-bond donors (Lipinski definition) is 0. The Morgan fingerprint density at radius 3 is 2.17 bits per heavy atom. The van der Waals surface area contributed by atoms with E-state index in [1.807, 2.05) is 0 Å². The molecule has 0 bridgehead atoms. The van der Waals surface area contributed by atoms with Crippen LogP contribution in [0.2, 0.25) is 0 Å². The molecule has 0 amide bonds. The number of hydrogen-bond acceptors (Lipinski definition) is 0. The predicted octanol–water partition coefficient (Wildman–Crippen LogP) is 5.09. The van der Waals surface area contributed by atoms with Gasteiger partial charge in [0.25, 0.3) is 0 Å². The molecule has 0 aliphatic heterocycles. The van der Waals surface area contributed by atoms with Crippen LogP contribution >= 0.6 is 0 Å². The quantitative estimate of drug-likeness (QED) is 0.687. The van der Waals surface area contributed by atoms with Crippen molar-refractivity contribution in [2.24, 2.45) is 5.92 Å². The van der Waals surface area contributed by atoms with Gasteiger partial charge in [0.05, 0.1) is 0 Å². The molecule has 96 valence electrons. The van der Waals surface area contributed by atoms with Gasteiger partial charge in [-0.1, -0.05) is 61.4 Å². The fourth-order valence-corrected chi connectivity index (χ4v) is 2.46. The lowest BCUT2D eigenvalue weighted by Crippen LogP contribution is -1.97. The van der Waals surface area contributed by atoms with Crippen LogP contribution in [-0.4, -0.2) is 0 Å². The average Bonchev–Trinajstić information content (AvgIpc) is 2.34. The zero-order chi connectivity index (χ0) is 13.0. The summed E-state index contributed by atoms with van der Waals surface area (Å²) in [6.07, 6.45) is 9.34. The summed E-state index contributed by atoms with van der Waals surface area (Å²) in [5.74, 6) is 0.741. The molecule has 0 unspecified atom stereocenters. The van der Waals surface area contributed by atoms with Gasteiger partial charge in [-0.25, -0.2) is 0 Å². The monoisotopic (exact) mass is 240 g/mol. The van der Waals surface area contributed by atoms with Crippen molar-refractivity contribution in [2.75, 3.05) is 0 Å². The van der Waals surface area contributed by atoms with Crippen molar-refractivity contribution >= 4 is 0 Å². The second-order valence-corrected chi connectivity index (χ2v) is 5.93. The summed E-state index contributed by atoms with van der Waals surface area (Å²) >= 11 is 0. The van der Waals surface area contributed by atoms with Crippen LogP contribution in [0.5, 0.6) is 0 Å². The Morgan fingerprint density at radius 1 is 0.944 bits per heavy atom. The van der Waals surface area contributed by atoms with E-state index in [1.165, 1.54) is 36.0 Å².